The Morgan fingerprint density at radius 2 is 1.96 bits per heavy atom. The molecule has 1 atom stereocenters. The molecule has 0 aliphatic rings. The molecule has 6 nitrogen and oxygen atoms in total. The number of hydrogen-bond donors (Lipinski definition) is 2. The van der Waals surface area contributed by atoms with Crippen molar-refractivity contribution in [3.8, 4) is 11.3 Å². The lowest BCUT2D eigenvalue weighted by molar-refractivity contribution is 0.0940. The molecule has 2 aromatic heterocycles. The summed E-state index contributed by atoms with van der Waals surface area (Å²) in [5.74, 6) is 0.665. The van der Waals surface area contributed by atoms with Crippen LogP contribution in [0.1, 0.15) is 53.4 Å². The first-order valence-electron chi connectivity index (χ1n) is 9.71. The third kappa shape index (κ3) is 4.82. The minimum atomic E-state index is -0.0843. The number of aromatic nitrogens is 4. The van der Waals surface area contributed by atoms with Gasteiger partial charge in [0.25, 0.3) is 5.91 Å². The number of H-pyrrole nitrogens is 1. The third-order valence-corrected chi connectivity index (χ3v) is 4.58. The fourth-order valence-corrected chi connectivity index (χ4v) is 3.23. The summed E-state index contributed by atoms with van der Waals surface area (Å²) in [5.41, 5.74) is 5.69. The molecule has 1 aromatic carbocycles. The Morgan fingerprint density at radius 3 is 2.61 bits per heavy atom. The standard InChI is InChI=1S/C22H27N5O/c1-5-6-19-13-23-16(4)25-21(19)17-7-9-18(10-8-17)22(28)24-14(2)11-20-12-15(3)26-27-20/h7-10,12-14H,5-6,11H2,1-4H3,(H,24,28)(H,26,27). The molecule has 2 N–H and O–H groups in total. The van der Waals surface area contributed by atoms with Crippen LogP contribution in [-0.2, 0) is 12.8 Å². The summed E-state index contributed by atoms with van der Waals surface area (Å²) in [6.07, 6.45) is 4.56. The van der Waals surface area contributed by atoms with E-state index in [1.54, 1.807) is 0 Å². The molecule has 0 aliphatic carbocycles. The van der Waals surface area contributed by atoms with Crippen LogP contribution < -0.4 is 5.32 Å². The second-order valence-corrected chi connectivity index (χ2v) is 7.24. The third-order valence-electron chi connectivity index (χ3n) is 4.58. The van der Waals surface area contributed by atoms with Crippen LogP contribution in [0.3, 0.4) is 0 Å². The van der Waals surface area contributed by atoms with Crippen LogP contribution in [0.25, 0.3) is 11.3 Å². The summed E-state index contributed by atoms with van der Waals surface area (Å²) in [7, 11) is 0. The lowest BCUT2D eigenvalue weighted by Gasteiger charge is -2.13. The van der Waals surface area contributed by atoms with E-state index >= 15 is 0 Å². The van der Waals surface area contributed by atoms with Crippen molar-refractivity contribution >= 4 is 5.91 Å². The molecule has 0 aliphatic heterocycles. The molecule has 3 rings (SSSR count). The van der Waals surface area contributed by atoms with Gasteiger partial charge in [0.05, 0.1) is 11.4 Å². The molecule has 146 valence electrons. The Balaban J connectivity index is 1.70. The molecule has 1 unspecified atom stereocenters. The monoisotopic (exact) mass is 377 g/mol. The second kappa shape index (κ2) is 8.78. The van der Waals surface area contributed by atoms with Gasteiger partial charge in [0, 0.05) is 35.5 Å². The first-order chi connectivity index (χ1) is 13.5. The van der Waals surface area contributed by atoms with Crippen molar-refractivity contribution in [1.82, 2.24) is 25.5 Å². The molecule has 0 fully saturated rings. The number of benzene rings is 1. The fourth-order valence-electron chi connectivity index (χ4n) is 3.23. The smallest absolute Gasteiger partial charge is 0.251 e. The molecule has 2 heterocycles. The highest BCUT2D eigenvalue weighted by molar-refractivity contribution is 5.94. The van der Waals surface area contributed by atoms with E-state index in [1.807, 2.05) is 57.3 Å². The van der Waals surface area contributed by atoms with Crippen molar-refractivity contribution in [1.29, 1.82) is 0 Å². The highest BCUT2D eigenvalue weighted by Crippen LogP contribution is 2.23. The van der Waals surface area contributed by atoms with Crippen LogP contribution in [0.2, 0.25) is 0 Å². The van der Waals surface area contributed by atoms with Gasteiger partial charge < -0.3 is 5.32 Å². The molecular weight excluding hydrogens is 350 g/mol. The minimum Gasteiger partial charge on any atom is -0.349 e. The number of carbonyl (C=O) groups is 1. The van der Waals surface area contributed by atoms with Crippen molar-refractivity contribution < 1.29 is 4.79 Å². The van der Waals surface area contributed by atoms with Crippen LogP contribution >= 0.6 is 0 Å². The fraction of sp³-hybridized carbons (Fsp3) is 0.364. The number of nitrogens with zero attached hydrogens (tertiary/aromatic N) is 3. The molecule has 0 bridgehead atoms. The lowest BCUT2D eigenvalue weighted by Crippen LogP contribution is -2.34. The van der Waals surface area contributed by atoms with Gasteiger partial charge in [-0.1, -0.05) is 25.5 Å². The SMILES string of the molecule is CCCc1cnc(C)nc1-c1ccc(C(=O)NC(C)Cc2cc(C)[nH]n2)cc1. The van der Waals surface area contributed by atoms with Gasteiger partial charge in [-0.05, 0) is 51.0 Å². The van der Waals surface area contributed by atoms with E-state index in [9.17, 15) is 4.79 Å². The number of aromatic amines is 1. The van der Waals surface area contributed by atoms with Gasteiger partial charge in [-0.15, -0.1) is 0 Å². The molecule has 1 amide bonds. The molecule has 0 saturated heterocycles. The van der Waals surface area contributed by atoms with Gasteiger partial charge in [-0.25, -0.2) is 9.97 Å². The van der Waals surface area contributed by atoms with Gasteiger partial charge in [-0.3, -0.25) is 9.89 Å². The summed E-state index contributed by atoms with van der Waals surface area (Å²) in [5, 5.41) is 10.2. The highest BCUT2D eigenvalue weighted by atomic mass is 16.1. The summed E-state index contributed by atoms with van der Waals surface area (Å²) in [6, 6.07) is 9.60. The molecule has 0 saturated carbocycles. The zero-order chi connectivity index (χ0) is 20.1. The summed E-state index contributed by atoms with van der Waals surface area (Å²) in [4.78, 5) is 21.5. The number of hydrogen-bond acceptors (Lipinski definition) is 4. The summed E-state index contributed by atoms with van der Waals surface area (Å²) < 4.78 is 0. The van der Waals surface area contributed by atoms with Gasteiger partial charge in [0.15, 0.2) is 0 Å². The Hall–Kier alpha value is -3.02. The van der Waals surface area contributed by atoms with Gasteiger partial charge in [0.1, 0.15) is 5.82 Å². The Bertz CT molecular complexity index is 946. The number of nitrogens with one attached hydrogen (secondary N) is 2. The van der Waals surface area contributed by atoms with E-state index in [0.29, 0.717) is 12.0 Å². The van der Waals surface area contributed by atoms with Crippen molar-refractivity contribution in [2.75, 3.05) is 0 Å². The van der Waals surface area contributed by atoms with E-state index in [0.717, 1.165) is 46.9 Å². The predicted octanol–water partition coefficient (Wildman–Crippen LogP) is 3.80. The molecule has 0 radical (unpaired) electrons. The zero-order valence-electron chi connectivity index (χ0n) is 16.9. The first kappa shape index (κ1) is 19.7. The Morgan fingerprint density at radius 1 is 1.21 bits per heavy atom. The number of rotatable bonds is 7. The summed E-state index contributed by atoms with van der Waals surface area (Å²) >= 11 is 0. The van der Waals surface area contributed by atoms with E-state index in [4.69, 9.17) is 0 Å². The highest BCUT2D eigenvalue weighted by Gasteiger charge is 2.13. The number of carbonyl (C=O) groups excluding carboxylic acids is 1. The van der Waals surface area contributed by atoms with Crippen molar-refractivity contribution in [2.45, 2.75) is 53.0 Å². The van der Waals surface area contributed by atoms with Gasteiger partial charge in [-0.2, -0.15) is 5.10 Å². The zero-order valence-corrected chi connectivity index (χ0v) is 16.9. The van der Waals surface area contributed by atoms with E-state index in [-0.39, 0.29) is 11.9 Å². The number of amides is 1. The largest absolute Gasteiger partial charge is 0.349 e. The molecule has 3 aromatic rings. The van der Waals surface area contributed by atoms with Crippen LogP contribution in [0, 0.1) is 13.8 Å². The van der Waals surface area contributed by atoms with E-state index in [1.165, 1.54) is 0 Å². The average molecular weight is 377 g/mol. The van der Waals surface area contributed by atoms with Crippen LogP contribution in [0.5, 0.6) is 0 Å². The molecule has 0 spiro atoms. The van der Waals surface area contributed by atoms with E-state index in [2.05, 4.69) is 32.4 Å². The molecule has 28 heavy (non-hydrogen) atoms. The molecule has 6 heteroatoms. The normalized spacial score (nSPS) is 12.0. The van der Waals surface area contributed by atoms with Crippen molar-refractivity contribution in [3.05, 3.63) is 64.9 Å². The van der Waals surface area contributed by atoms with Crippen LogP contribution in [-0.4, -0.2) is 32.1 Å². The van der Waals surface area contributed by atoms with Crippen LogP contribution in [0.15, 0.2) is 36.5 Å². The minimum absolute atomic E-state index is 0.00412. The predicted molar refractivity (Wildman–Crippen MR) is 110 cm³/mol. The Labute approximate surface area is 165 Å². The number of aryl methyl sites for hydroxylation is 3. The maximum Gasteiger partial charge on any atom is 0.251 e. The van der Waals surface area contributed by atoms with Gasteiger partial charge >= 0.3 is 0 Å². The quantitative estimate of drug-likeness (QED) is 0.656. The van der Waals surface area contributed by atoms with E-state index < -0.39 is 0 Å². The van der Waals surface area contributed by atoms with Crippen LogP contribution in [0.4, 0.5) is 0 Å². The van der Waals surface area contributed by atoms with Crippen molar-refractivity contribution in [2.24, 2.45) is 0 Å². The second-order valence-electron chi connectivity index (χ2n) is 7.24. The maximum atomic E-state index is 12.6. The molecular formula is C22H27N5O. The summed E-state index contributed by atoms with van der Waals surface area (Å²) in [6.45, 7) is 7.98. The lowest BCUT2D eigenvalue weighted by atomic mass is 10.0. The van der Waals surface area contributed by atoms with Crippen molar-refractivity contribution in [3.63, 3.8) is 0 Å². The van der Waals surface area contributed by atoms with Gasteiger partial charge in [0.2, 0.25) is 0 Å². The average Bonchev–Trinajstić information content (AvgIpc) is 3.08. The maximum absolute atomic E-state index is 12.6. The Kier molecular flexibility index (Phi) is 6.19. The topological polar surface area (TPSA) is 83.6 Å². The first-order valence-corrected chi connectivity index (χ1v) is 9.71.